The van der Waals surface area contributed by atoms with Crippen LogP contribution in [0.3, 0.4) is 0 Å². The van der Waals surface area contributed by atoms with Crippen molar-refractivity contribution in [1.82, 2.24) is 4.98 Å². The number of aromatic nitrogens is 1. The Kier molecular flexibility index (Phi) is 8.56. The number of halogens is 1. The lowest BCUT2D eigenvalue weighted by Gasteiger charge is -2.23. The Morgan fingerprint density at radius 2 is 1.79 bits per heavy atom. The van der Waals surface area contributed by atoms with Gasteiger partial charge in [0.15, 0.2) is 5.13 Å². The van der Waals surface area contributed by atoms with Crippen molar-refractivity contribution in [1.29, 1.82) is 0 Å². The first-order valence-electron chi connectivity index (χ1n) is 13.2. The lowest BCUT2D eigenvalue weighted by molar-refractivity contribution is -0.132. The first kappa shape index (κ1) is 29.2. The predicted octanol–water partition coefficient (Wildman–Crippen LogP) is 6.90. The van der Waals surface area contributed by atoms with Crippen molar-refractivity contribution >= 4 is 55.8 Å². The van der Waals surface area contributed by atoms with E-state index in [-0.39, 0.29) is 27.9 Å². The van der Waals surface area contributed by atoms with Gasteiger partial charge < -0.3 is 14.6 Å². The number of ether oxygens (including phenoxy) is 2. The van der Waals surface area contributed by atoms with Crippen LogP contribution in [0.25, 0.3) is 5.76 Å². The minimum Gasteiger partial charge on any atom is -0.507 e. The number of benzene rings is 3. The number of carbonyl (C=O) groups excluding carboxylic acids is 3. The Balaban J connectivity index is 1.52. The number of ketones is 1. The highest BCUT2D eigenvalue weighted by Gasteiger charge is 2.48. The standard InChI is InChI=1S/C32H27BrN2O6S/c1-4-40-31(39)29-19(3)34-32(42-29)35-26(22-9-6-10-23(33)16-22)25(28(37)30(35)38)27(36)21-11-13-24(14-12-21)41-17-20-8-5-7-18(2)15-20/h5-16,26,36H,4,17H2,1-3H3/b27-25+. The molecule has 0 radical (unpaired) electrons. The summed E-state index contributed by atoms with van der Waals surface area (Å²) in [5.41, 5.74) is 3.38. The van der Waals surface area contributed by atoms with Crippen molar-refractivity contribution in [2.45, 2.75) is 33.4 Å². The van der Waals surface area contributed by atoms with Crippen molar-refractivity contribution in [3.8, 4) is 5.75 Å². The van der Waals surface area contributed by atoms with Crippen molar-refractivity contribution in [3.63, 3.8) is 0 Å². The Hall–Kier alpha value is -4.28. The van der Waals surface area contributed by atoms with Crippen LogP contribution in [0, 0.1) is 13.8 Å². The van der Waals surface area contributed by atoms with Crippen molar-refractivity contribution in [3.05, 3.63) is 116 Å². The van der Waals surface area contributed by atoms with Crippen LogP contribution in [0.1, 0.15) is 50.6 Å². The lowest BCUT2D eigenvalue weighted by atomic mass is 9.95. The summed E-state index contributed by atoms with van der Waals surface area (Å²) in [5.74, 6) is -2.02. The number of carbonyl (C=O) groups is 3. The van der Waals surface area contributed by atoms with Crippen LogP contribution < -0.4 is 9.64 Å². The van der Waals surface area contributed by atoms with Gasteiger partial charge >= 0.3 is 11.9 Å². The van der Waals surface area contributed by atoms with Crippen molar-refractivity contribution in [2.75, 3.05) is 11.5 Å². The number of thiazole rings is 1. The number of aryl methyl sites for hydroxylation is 2. The van der Waals surface area contributed by atoms with Gasteiger partial charge in [0.2, 0.25) is 0 Å². The summed E-state index contributed by atoms with van der Waals surface area (Å²) in [7, 11) is 0. The van der Waals surface area contributed by atoms with Gasteiger partial charge in [-0.25, -0.2) is 9.78 Å². The maximum atomic E-state index is 13.5. The van der Waals surface area contributed by atoms with Crippen molar-refractivity contribution < 1.29 is 29.0 Å². The van der Waals surface area contributed by atoms with E-state index in [0.29, 0.717) is 29.2 Å². The highest BCUT2D eigenvalue weighted by Crippen LogP contribution is 2.44. The molecule has 1 N–H and O–H groups in total. The maximum absolute atomic E-state index is 13.5. The van der Waals surface area contributed by atoms with Gasteiger partial charge in [-0.1, -0.05) is 69.2 Å². The van der Waals surface area contributed by atoms with Gasteiger partial charge in [0.05, 0.1) is 23.9 Å². The predicted molar refractivity (Wildman–Crippen MR) is 164 cm³/mol. The Morgan fingerprint density at radius 1 is 1.05 bits per heavy atom. The molecule has 0 spiro atoms. The fourth-order valence-electron chi connectivity index (χ4n) is 4.73. The van der Waals surface area contributed by atoms with Crippen LogP contribution in [0.4, 0.5) is 5.13 Å². The van der Waals surface area contributed by atoms with E-state index in [4.69, 9.17) is 9.47 Å². The maximum Gasteiger partial charge on any atom is 0.350 e. The largest absolute Gasteiger partial charge is 0.507 e. The third kappa shape index (κ3) is 5.86. The highest BCUT2D eigenvalue weighted by molar-refractivity contribution is 9.10. The molecule has 1 aromatic heterocycles. The summed E-state index contributed by atoms with van der Waals surface area (Å²) in [6.45, 7) is 5.91. The van der Waals surface area contributed by atoms with Gasteiger partial charge in [-0.15, -0.1) is 0 Å². The molecule has 1 atom stereocenters. The molecule has 1 fully saturated rings. The topological polar surface area (TPSA) is 106 Å². The molecule has 1 amide bonds. The zero-order valence-electron chi connectivity index (χ0n) is 23.1. The molecule has 5 rings (SSSR count). The van der Waals surface area contributed by atoms with Crippen molar-refractivity contribution in [2.24, 2.45) is 0 Å². The van der Waals surface area contributed by atoms with Crippen LogP contribution in [0.5, 0.6) is 5.75 Å². The molecule has 2 heterocycles. The molecule has 1 aliphatic heterocycles. The molecule has 1 aliphatic rings. The highest BCUT2D eigenvalue weighted by atomic mass is 79.9. The van der Waals surface area contributed by atoms with Crippen LogP contribution in [-0.2, 0) is 20.9 Å². The van der Waals surface area contributed by atoms with Gasteiger partial charge in [0.1, 0.15) is 23.0 Å². The minimum atomic E-state index is -0.986. The van der Waals surface area contributed by atoms with E-state index in [2.05, 4.69) is 20.9 Å². The minimum absolute atomic E-state index is 0.0860. The molecule has 0 aliphatic carbocycles. The zero-order valence-corrected chi connectivity index (χ0v) is 25.5. The Labute approximate surface area is 255 Å². The normalized spacial score (nSPS) is 16.1. The van der Waals surface area contributed by atoms with Gasteiger partial charge in [0, 0.05) is 10.0 Å². The first-order chi connectivity index (χ1) is 20.2. The molecular weight excluding hydrogens is 620 g/mol. The fraction of sp³-hybridized carbons (Fsp3) is 0.188. The zero-order chi connectivity index (χ0) is 30.0. The number of aliphatic hydroxyl groups excluding tert-OH is 1. The summed E-state index contributed by atoms with van der Waals surface area (Å²) in [5, 5.41) is 11.6. The van der Waals surface area contributed by atoms with Crippen LogP contribution in [0.15, 0.2) is 82.8 Å². The van der Waals surface area contributed by atoms with Gasteiger partial charge in [-0.2, -0.15) is 0 Å². The SMILES string of the molecule is CCOC(=O)c1sc(N2C(=O)C(=O)/C(=C(/O)c3ccc(OCc4cccc(C)c4)cc3)C2c2cccc(Br)c2)nc1C. The first-order valence-corrected chi connectivity index (χ1v) is 14.8. The van der Waals surface area contributed by atoms with E-state index >= 15 is 0 Å². The molecule has 8 nitrogen and oxygen atoms in total. The fourth-order valence-corrected chi connectivity index (χ4v) is 6.13. The number of hydrogen-bond donors (Lipinski definition) is 1. The second kappa shape index (κ2) is 12.3. The number of hydrogen-bond acceptors (Lipinski definition) is 8. The third-order valence-corrected chi connectivity index (χ3v) is 8.31. The lowest BCUT2D eigenvalue weighted by Crippen LogP contribution is -2.29. The second-order valence-corrected chi connectivity index (χ2v) is 11.6. The monoisotopic (exact) mass is 646 g/mol. The molecule has 1 saturated heterocycles. The quantitative estimate of drug-likeness (QED) is 0.0960. The summed E-state index contributed by atoms with van der Waals surface area (Å²) >= 11 is 4.42. The summed E-state index contributed by atoms with van der Waals surface area (Å²) in [6.07, 6.45) is 0. The number of anilines is 1. The van der Waals surface area contributed by atoms with E-state index < -0.39 is 23.7 Å². The molecule has 4 aromatic rings. The van der Waals surface area contributed by atoms with Crippen LogP contribution in [0.2, 0.25) is 0 Å². The summed E-state index contributed by atoms with van der Waals surface area (Å²) in [4.78, 5) is 45.4. The van der Waals surface area contributed by atoms with Gasteiger partial charge in [-0.05, 0) is 68.3 Å². The molecule has 42 heavy (non-hydrogen) atoms. The number of esters is 1. The van der Waals surface area contributed by atoms with Crippen LogP contribution in [-0.4, -0.2) is 34.4 Å². The van der Waals surface area contributed by atoms with Gasteiger partial charge in [0.25, 0.3) is 5.78 Å². The van der Waals surface area contributed by atoms with E-state index in [1.54, 1.807) is 56.3 Å². The van der Waals surface area contributed by atoms with Gasteiger partial charge in [-0.3, -0.25) is 14.5 Å². The number of rotatable bonds is 8. The summed E-state index contributed by atoms with van der Waals surface area (Å²) < 4.78 is 11.8. The molecule has 1 unspecified atom stereocenters. The Bertz CT molecular complexity index is 1710. The number of nitrogens with zero attached hydrogens (tertiary/aromatic N) is 2. The average Bonchev–Trinajstić information content (AvgIpc) is 3.48. The smallest absolute Gasteiger partial charge is 0.350 e. The molecule has 3 aromatic carbocycles. The van der Waals surface area contributed by atoms with E-state index in [1.165, 1.54) is 4.90 Å². The van der Waals surface area contributed by atoms with E-state index in [9.17, 15) is 19.5 Å². The molecule has 10 heteroatoms. The Morgan fingerprint density at radius 3 is 2.48 bits per heavy atom. The number of amides is 1. The average molecular weight is 648 g/mol. The van der Waals surface area contributed by atoms with Crippen LogP contribution >= 0.6 is 27.3 Å². The summed E-state index contributed by atoms with van der Waals surface area (Å²) in [6, 6.07) is 20.8. The molecule has 0 bridgehead atoms. The molecule has 214 valence electrons. The van der Waals surface area contributed by atoms with E-state index in [1.807, 2.05) is 37.3 Å². The second-order valence-electron chi connectivity index (χ2n) is 9.66. The third-order valence-electron chi connectivity index (χ3n) is 6.68. The number of Topliss-reactive ketones (excluding diaryl/α,β-unsaturated/α-hetero) is 1. The van der Waals surface area contributed by atoms with E-state index in [0.717, 1.165) is 26.9 Å². The molecular formula is C32H27BrN2O6S. The number of aliphatic hydroxyl groups is 1. The molecule has 0 saturated carbocycles.